The van der Waals surface area contributed by atoms with Gasteiger partial charge in [-0.15, -0.1) is 0 Å². The summed E-state index contributed by atoms with van der Waals surface area (Å²) in [6, 6.07) is 11.8. The Morgan fingerprint density at radius 3 is 2.29 bits per heavy atom. The number of carbonyl (C=O) groups excluding carboxylic acids is 3. The van der Waals surface area contributed by atoms with Crippen molar-refractivity contribution in [1.82, 2.24) is 0 Å². The number of hydrogen-bond acceptors (Lipinski definition) is 3. The number of benzene rings is 2. The lowest BCUT2D eigenvalue weighted by molar-refractivity contribution is -0.885. The van der Waals surface area contributed by atoms with E-state index in [1.54, 1.807) is 38.2 Å². The number of nitrogens with two attached hydrogens (primary N) is 1. The number of quaternary nitrogens is 1. The molecule has 0 saturated heterocycles. The number of aryl methyl sites for hydroxylation is 2. The molecule has 0 aromatic heterocycles. The van der Waals surface area contributed by atoms with E-state index in [4.69, 9.17) is 5.73 Å². The van der Waals surface area contributed by atoms with Gasteiger partial charge >= 0.3 is 0 Å². The molecule has 28 heavy (non-hydrogen) atoms. The summed E-state index contributed by atoms with van der Waals surface area (Å²) in [6.07, 6.45) is 0. The summed E-state index contributed by atoms with van der Waals surface area (Å²) in [5.41, 5.74) is 8.98. The molecule has 0 spiro atoms. The Hall–Kier alpha value is -3.19. The third-order valence-corrected chi connectivity index (χ3v) is 4.68. The van der Waals surface area contributed by atoms with Crippen LogP contribution in [0.25, 0.3) is 0 Å². The lowest BCUT2D eigenvalue weighted by atomic mass is 10.1. The maximum absolute atomic E-state index is 12.5. The minimum absolute atomic E-state index is 0.155. The molecule has 2 atom stereocenters. The number of carbonyl (C=O) groups is 3. The van der Waals surface area contributed by atoms with Gasteiger partial charge in [0.25, 0.3) is 11.8 Å². The van der Waals surface area contributed by atoms with Crippen LogP contribution in [0.15, 0.2) is 42.5 Å². The van der Waals surface area contributed by atoms with Crippen LogP contribution in [0.5, 0.6) is 0 Å². The van der Waals surface area contributed by atoms with E-state index in [2.05, 4.69) is 10.6 Å². The molecule has 7 nitrogen and oxygen atoms in total. The zero-order valence-electron chi connectivity index (χ0n) is 16.6. The van der Waals surface area contributed by atoms with Crippen molar-refractivity contribution < 1.29 is 19.3 Å². The van der Waals surface area contributed by atoms with Crippen molar-refractivity contribution in [1.29, 1.82) is 0 Å². The average molecular weight is 383 g/mol. The SMILES string of the molecule is Cc1ccc(C)c(NC(=O)C[NH+](C)[C@H](C)C(=O)Nc2ccc(C(N)=O)cc2)c1. The predicted octanol–water partition coefficient (Wildman–Crippen LogP) is 0.883. The summed E-state index contributed by atoms with van der Waals surface area (Å²) in [7, 11) is 1.79. The number of amides is 3. The summed E-state index contributed by atoms with van der Waals surface area (Å²) < 4.78 is 0. The van der Waals surface area contributed by atoms with E-state index in [-0.39, 0.29) is 18.4 Å². The zero-order valence-corrected chi connectivity index (χ0v) is 16.6. The van der Waals surface area contributed by atoms with E-state index in [9.17, 15) is 14.4 Å². The highest BCUT2D eigenvalue weighted by atomic mass is 16.2. The minimum atomic E-state index is -0.523. The fourth-order valence-electron chi connectivity index (χ4n) is 2.66. The first-order valence-electron chi connectivity index (χ1n) is 9.07. The highest BCUT2D eigenvalue weighted by molar-refractivity contribution is 5.96. The average Bonchev–Trinajstić information content (AvgIpc) is 2.64. The van der Waals surface area contributed by atoms with E-state index >= 15 is 0 Å². The predicted molar refractivity (Wildman–Crippen MR) is 109 cm³/mol. The minimum Gasteiger partial charge on any atom is -0.366 e. The summed E-state index contributed by atoms with van der Waals surface area (Å²) in [4.78, 5) is 36.7. The summed E-state index contributed by atoms with van der Waals surface area (Å²) in [6.45, 7) is 5.82. The molecule has 1 unspecified atom stereocenters. The molecule has 2 aromatic rings. The van der Waals surface area contributed by atoms with Crippen LogP contribution in [-0.2, 0) is 9.59 Å². The molecule has 148 valence electrons. The number of primary amides is 1. The van der Waals surface area contributed by atoms with Gasteiger partial charge in [0, 0.05) is 16.9 Å². The van der Waals surface area contributed by atoms with Crippen LogP contribution in [0.3, 0.4) is 0 Å². The lowest BCUT2D eigenvalue weighted by Crippen LogP contribution is -3.14. The van der Waals surface area contributed by atoms with Gasteiger partial charge in [-0.05, 0) is 62.2 Å². The van der Waals surface area contributed by atoms with Crippen molar-refractivity contribution in [2.24, 2.45) is 5.73 Å². The Bertz CT molecular complexity index is 878. The first-order chi connectivity index (χ1) is 13.2. The van der Waals surface area contributed by atoms with Crippen molar-refractivity contribution in [2.45, 2.75) is 26.8 Å². The van der Waals surface area contributed by atoms with Gasteiger partial charge in [-0.3, -0.25) is 14.4 Å². The fourth-order valence-corrected chi connectivity index (χ4v) is 2.66. The third-order valence-electron chi connectivity index (χ3n) is 4.68. The number of anilines is 2. The third kappa shape index (κ3) is 5.65. The van der Waals surface area contributed by atoms with Crippen molar-refractivity contribution in [3.05, 3.63) is 59.2 Å². The molecule has 7 heteroatoms. The molecule has 0 bridgehead atoms. The van der Waals surface area contributed by atoms with Gasteiger partial charge in [0.1, 0.15) is 0 Å². The Morgan fingerprint density at radius 1 is 1.04 bits per heavy atom. The van der Waals surface area contributed by atoms with Gasteiger partial charge in [-0.1, -0.05) is 12.1 Å². The van der Waals surface area contributed by atoms with E-state index < -0.39 is 11.9 Å². The smallest absolute Gasteiger partial charge is 0.282 e. The van der Waals surface area contributed by atoms with E-state index in [0.29, 0.717) is 11.3 Å². The van der Waals surface area contributed by atoms with Gasteiger partial charge in [0.05, 0.1) is 7.05 Å². The van der Waals surface area contributed by atoms with E-state index in [1.165, 1.54) is 0 Å². The van der Waals surface area contributed by atoms with Gasteiger partial charge < -0.3 is 21.3 Å². The van der Waals surface area contributed by atoms with Gasteiger partial charge in [-0.25, -0.2) is 0 Å². The molecule has 0 saturated carbocycles. The molecule has 0 fully saturated rings. The summed E-state index contributed by atoms with van der Waals surface area (Å²) >= 11 is 0. The second-order valence-corrected chi connectivity index (χ2v) is 7.04. The first kappa shape index (κ1) is 21.1. The Balaban J connectivity index is 1.92. The monoisotopic (exact) mass is 383 g/mol. The molecular weight excluding hydrogens is 356 g/mol. The highest BCUT2D eigenvalue weighted by Crippen LogP contribution is 2.15. The molecule has 0 aliphatic carbocycles. The Labute approximate surface area is 164 Å². The van der Waals surface area contributed by atoms with Crippen LogP contribution < -0.4 is 21.3 Å². The summed E-state index contributed by atoms with van der Waals surface area (Å²) in [5.74, 6) is -0.897. The second-order valence-electron chi connectivity index (χ2n) is 7.04. The lowest BCUT2D eigenvalue weighted by Gasteiger charge is -2.21. The number of hydrogen-bond donors (Lipinski definition) is 4. The number of rotatable bonds is 7. The topological polar surface area (TPSA) is 106 Å². The Morgan fingerprint density at radius 2 is 1.68 bits per heavy atom. The van der Waals surface area contributed by atoms with Crippen LogP contribution in [0, 0.1) is 13.8 Å². The normalized spacial score (nSPS) is 12.7. The maximum atomic E-state index is 12.5. The number of nitrogens with one attached hydrogen (secondary N) is 3. The Kier molecular flexibility index (Phi) is 6.89. The molecule has 0 aliphatic heterocycles. The van der Waals surface area contributed by atoms with Crippen molar-refractivity contribution in [2.75, 3.05) is 24.2 Å². The van der Waals surface area contributed by atoms with Crippen LogP contribution in [0.4, 0.5) is 11.4 Å². The zero-order chi connectivity index (χ0) is 20.8. The van der Waals surface area contributed by atoms with Crippen molar-refractivity contribution in [3.8, 4) is 0 Å². The van der Waals surface area contributed by atoms with Crippen LogP contribution in [0.2, 0.25) is 0 Å². The van der Waals surface area contributed by atoms with Gasteiger partial charge in [0.2, 0.25) is 5.91 Å². The molecule has 3 amide bonds. The fraction of sp³-hybridized carbons (Fsp3) is 0.286. The first-order valence-corrected chi connectivity index (χ1v) is 9.07. The molecule has 2 rings (SSSR count). The van der Waals surface area contributed by atoms with Crippen molar-refractivity contribution in [3.63, 3.8) is 0 Å². The van der Waals surface area contributed by atoms with Crippen LogP contribution in [-0.4, -0.2) is 37.4 Å². The number of likely N-dealkylation sites (N-methyl/N-ethyl adjacent to an activating group) is 1. The summed E-state index contributed by atoms with van der Waals surface area (Å²) in [5, 5.41) is 5.69. The van der Waals surface area contributed by atoms with Gasteiger partial charge in [0.15, 0.2) is 12.6 Å². The van der Waals surface area contributed by atoms with Gasteiger partial charge in [-0.2, -0.15) is 0 Å². The molecule has 5 N–H and O–H groups in total. The maximum Gasteiger partial charge on any atom is 0.282 e. The molecule has 0 radical (unpaired) electrons. The highest BCUT2D eigenvalue weighted by Gasteiger charge is 2.24. The van der Waals surface area contributed by atoms with Crippen LogP contribution >= 0.6 is 0 Å². The second kappa shape index (κ2) is 9.14. The molecular formula is C21H27N4O3+. The largest absolute Gasteiger partial charge is 0.366 e. The quantitative estimate of drug-likeness (QED) is 0.570. The van der Waals surface area contributed by atoms with Crippen LogP contribution in [0.1, 0.15) is 28.4 Å². The van der Waals surface area contributed by atoms with E-state index in [1.807, 2.05) is 32.0 Å². The van der Waals surface area contributed by atoms with E-state index in [0.717, 1.165) is 21.7 Å². The standard InChI is InChI=1S/C21H26N4O3/c1-13-5-6-14(2)18(11-13)24-19(26)12-25(4)15(3)21(28)23-17-9-7-16(8-10-17)20(22)27/h5-11,15H,12H2,1-4H3,(H2,22,27)(H,23,28)(H,24,26)/p+1/t15-/m1/s1. The van der Waals surface area contributed by atoms with Crippen molar-refractivity contribution >= 4 is 29.1 Å². The molecule has 0 heterocycles. The molecule has 2 aromatic carbocycles. The molecule has 0 aliphatic rings.